The molecule has 1 atom stereocenters. The number of hydrogen-bond acceptors (Lipinski definition) is 3. The van der Waals surface area contributed by atoms with Gasteiger partial charge in [-0.05, 0) is 80.1 Å². The first-order valence-corrected chi connectivity index (χ1v) is 9.82. The Labute approximate surface area is 166 Å². The smallest absolute Gasteiger partial charge is 0.271 e. The van der Waals surface area contributed by atoms with Gasteiger partial charge < -0.3 is 4.90 Å². The number of nitrogens with zero attached hydrogens (tertiary/aromatic N) is 2. The van der Waals surface area contributed by atoms with Gasteiger partial charge in [0, 0.05) is 23.3 Å². The zero-order valence-electron chi connectivity index (χ0n) is 17.0. The van der Waals surface area contributed by atoms with Crippen LogP contribution in [-0.2, 0) is 0 Å². The highest BCUT2D eigenvalue weighted by Gasteiger charge is 2.35. The largest absolute Gasteiger partial charge is 0.366 e. The lowest BCUT2D eigenvalue weighted by molar-refractivity contribution is 0.0955. The Morgan fingerprint density at radius 2 is 2.00 bits per heavy atom. The summed E-state index contributed by atoms with van der Waals surface area (Å²) >= 11 is 0. The monoisotopic (exact) mass is 381 g/mol. The summed E-state index contributed by atoms with van der Waals surface area (Å²) < 4.78 is 13.0. The van der Waals surface area contributed by atoms with Gasteiger partial charge in [-0.2, -0.15) is 5.10 Å². The Kier molecular flexibility index (Phi) is 5.82. The minimum absolute atomic E-state index is 0.140. The average Bonchev–Trinajstić information content (AvgIpc) is 2.65. The summed E-state index contributed by atoms with van der Waals surface area (Å²) in [5.74, 6) is -0.276. The summed E-state index contributed by atoms with van der Waals surface area (Å²) in [5, 5.41) is 4.07. The highest BCUT2D eigenvalue weighted by molar-refractivity contribution is 5.94. The highest BCUT2D eigenvalue weighted by Crippen LogP contribution is 2.43. The SMILES string of the molecule is CCCN1c2ccc(/C=N\NC(=O)c3ccc(F)cc3)cc2C(C)CC1(C)C. The molecule has 0 aromatic heterocycles. The van der Waals surface area contributed by atoms with E-state index in [-0.39, 0.29) is 17.3 Å². The van der Waals surface area contributed by atoms with Crippen LogP contribution in [0.3, 0.4) is 0 Å². The second-order valence-electron chi connectivity index (χ2n) is 8.09. The number of hydrogen-bond donors (Lipinski definition) is 1. The van der Waals surface area contributed by atoms with Crippen molar-refractivity contribution in [1.82, 2.24) is 5.43 Å². The molecule has 148 valence electrons. The number of halogens is 1. The molecule has 4 nitrogen and oxygen atoms in total. The van der Waals surface area contributed by atoms with E-state index in [1.165, 1.54) is 35.5 Å². The third-order valence-corrected chi connectivity index (χ3v) is 5.34. The van der Waals surface area contributed by atoms with Gasteiger partial charge in [-0.25, -0.2) is 9.82 Å². The van der Waals surface area contributed by atoms with Crippen molar-refractivity contribution in [3.05, 3.63) is 65.0 Å². The molecule has 2 aromatic rings. The van der Waals surface area contributed by atoms with Gasteiger partial charge in [0.1, 0.15) is 5.82 Å². The lowest BCUT2D eigenvalue weighted by Gasteiger charge is -2.47. The van der Waals surface area contributed by atoms with Crippen molar-refractivity contribution in [2.45, 2.75) is 52.0 Å². The van der Waals surface area contributed by atoms with Crippen molar-refractivity contribution >= 4 is 17.8 Å². The molecular weight excluding hydrogens is 353 g/mol. The molecule has 0 saturated heterocycles. The van der Waals surface area contributed by atoms with Gasteiger partial charge in [-0.15, -0.1) is 0 Å². The van der Waals surface area contributed by atoms with E-state index < -0.39 is 0 Å². The van der Waals surface area contributed by atoms with Crippen LogP contribution in [0.5, 0.6) is 0 Å². The van der Waals surface area contributed by atoms with Crippen LogP contribution in [0, 0.1) is 5.82 Å². The molecule has 1 heterocycles. The van der Waals surface area contributed by atoms with Crippen molar-refractivity contribution < 1.29 is 9.18 Å². The van der Waals surface area contributed by atoms with Crippen LogP contribution >= 0.6 is 0 Å². The van der Waals surface area contributed by atoms with E-state index in [0.29, 0.717) is 11.5 Å². The maximum atomic E-state index is 13.0. The van der Waals surface area contributed by atoms with Crippen LogP contribution in [0.15, 0.2) is 47.6 Å². The second kappa shape index (κ2) is 8.13. The molecular formula is C23H28FN3O. The predicted molar refractivity (Wildman–Crippen MR) is 113 cm³/mol. The summed E-state index contributed by atoms with van der Waals surface area (Å²) in [7, 11) is 0. The van der Waals surface area contributed by atoms with Crippen molar-refractivity contribution in [3.8, 4) is 0 Å². The number of fused-ring (bicyclic) bond motifs is 1. The highest BCUT2D eigenvalue weighted by atomic mass is 19.1. The van der Waals surface area contributed by atoms with E-state index in [1.54, 1.807) is 6.21 Å². The Hall–Kier alpha value is -2.69. The van der Waals surface area contributed by atoms with Crippen LogP contribution in [0.4, 0.5) is 10.1 Å². The fraction of sp³-hybridized carbons (Fsp3) is 0.391. The fourth-order valence-electron chi connectivity index (χ4n) is 4.07. The van der Waals surface area contributed by atoms with Gasteiger partial charge in [0.2, 0.25) is 0 Å². The quantitative estimate of drug-likeness (QED) is 0.579. The second-order valence-corrected chi connectivity index (χ2v) is 8.09. The van der Waals surface area contributed by atoms with E-state index >= 15 is 0 Å². The lowest BCUT2D eigenvalue weighted by Crippen LogP contribution is -2.48. The molecule has 0 bridgehead atoms. The molecule has 0 saturated carbocycles. The van der Waals surface area contributed by atoms with Gasteiger partial charge in [-0.3, -0.25) is 4.79 Å². The molecule has 3 rings (SSSR count). The molecule has 0 radical (unpaired) electrons. The zero-order chi connectivity index (χ0) is 20.3. The van der Waals surface area contributed by atoms with Crippen molar-refractivity contribution in [3.63, 3.8) is 0 Å². The van der Waals surface area contributed by atoms with Crippen molar-refractivity contribution in [2.75, 3.05) is 11.4 Å². The summed E-state index contributed by atoms with van der Waals surface area (Å²) in [6.45, 7) is 10.1. The first kappa shape index (κ1) is 20.1. The maximum absolute atomic E-state index is 13.0. The van der Waals surface area contributed by atoms with Gasteiger partial charge in [0.25, 0.3) is 5.91 Å². The number of amides is 1. The first-order valence-electron chi connectivity index (χ1n) is 9.82. The summed E-state index contributed by atoms with van der Waals surface area (Å²) in [5.41, 5.74) is 6.56. The number of anilines is 1. The van der Waals surface area contributed by atoms with Gasteiger partial charge >= 0.3 is 0 Å². The van der Waals surface area contributed by atoms with E-state index in [4.69, 9.17) is 0 Å². The Bertz CT molecular complexity index is 874. The number of nitrogens with one attached hydrogen (secondary N) is 1. The van der Waals surface area contributed by atoms with E-state index in [0.717, 1.165) is 24.9 Å². The standard InChI is InChI=1S/C23H28FN3O/c1-5-12-27-21-11-6-17(13-20(21)16(2)14-23(27,3)4)15-25-26-22(28)18-7-9-19(24)10-8-18/h6-11,13,15-16H,5,12,14H2,1-4H3,(H,26,28)/b25-15-. The molecule has 0 fully saturated rings. The number of benzene rings is 2. The van der Waals surface area contributed by atoms with Crippen LogP contribution in [0.1, 0.15) is 67.9 Å². The molecule has 28 heavy (non-hydrogen) atoms. The van der Waals surface area contributed by atoms with Crippen LogP contribution < -0.4 is 10.3 Å². The molecule has 1 N–H and O–H groups in total. The number of carbonyl (C=O) groups is 1. The minimum atomic E-state index is -0.372. The van der Waals surface area contributed by atoms with Crippen molar-refractivity contribution in [2.24, 2.45) is 5.10 Å². The third-order valence-electron chi connectivity index (χ3n) is 5.34. The Morgan fingerprint density at radius 3 is 2.68 bits per heavy atom. The summed E-state index contributed by atoms with van der Waals surface area (Å²) in [4.78, 5) is 14.6. The Morgan fingerprint density at radius 1 is 1.29 bits per heavy atom. The van der Waals surface area contributed by atoms with Gasteiger partial charge in [-0.1, -0.05) is 19.9 Å². The third kappa shape index (κ3) is 4.24. The number of rotatable bonds is 5. The molecule has 2 aromatic carbocycles. The fourth-order valence-corrected chi connectivity index (χ4v) is 4.07. The number of carbonyl (C=O) groups excluding carboxylic acids is 1. The molecule has 1 amide bonds. The van der Waals surface area contributed by atoms with E-state index in [9.17, 15) is 9.18 Å². The van der Waals surface area contributed by atoms with Crippen LogP contribution in [-0.4, -0.2) is 24.2 Å². The normalized spacial score (nSPS) is 18.2. The van der Waals surface area contributed by atoms with E-state index in [1.807, 2.05) is 6.07 Å². The first-order chi connectivity index (χ1) is 13.3. The molecule has 1 aliphatic rings. The van der Waals surface area contributed by atoms with E-state index in [2.05, 4.69) is 55.3 Å². The predicted octanol–water partition coefficient (Wildman–Crippen LogP) is 5.09. The van der Waals surface area contributed by atoms with Crippen molar-refractivity contribution in [1.29, 1.82) is 0 Å². The summed E-state index contributed by atoms with van der Waals surface area (Å²) in [6.07, 6.45) is 3.86. The lowest BCUT2D eigenvalue weighted by atomic mass is 9.79. The molecule has 5 heteroatoms. The molecule has 1 unspecified atom stereocenters. The number of hydrazone groups is 1. The molecule has 0 aliphatic carbocycles. The zero-order valence-corrected chi connectivity index (χ0v) is 17.0. The minimum Gasteiger partial charge on any atom is -0.366 e. The Balaban J connectivity index is 1.76. The van der Waals surface area contributed by atoms with Gasteiger partial charge in [0.15, 0.2) is 0 Å². The summed E-state index contributed by atoms with van der Waals surface area (Å²) in [6, 6.07) is 11.7. The topological polar surface area (TPSA) is 44.7 Å². The maximum Gasteiger partial charge on any atom is 0.271 e. The van der Waals surface area contributed by atoms with Gasteiger partial charge in [0.05, 0.1) is 6.21 Å². The average molecular weight is 381 g/mol. The van der Waals surface area contributed by atoms with Crippen LogP contribution in [0.25, 0.3) is 0 Å². The molecule has 0 spiro atoms. The molecule has 1 aliphatic heterocycles. The van der Waals surface area contributed by atoms with Crippen LogP contribution in [0.2, 0.25) is 0 Å².